The summed E-state index contributed by atoms with van der Waals surface area (Å²) in [7, 11) is -3.06. The zero-order chi connectivity index (χ0) is 20.6. The van der Waals surface area contributed by atoms with Crippen molar-refractivity contribution in [1.29, 1.82) is 0 Å². The zero-order valence-electron chi connectivity index (χ0n) is 17.3. The second kappa shape index (κ2) is 8.43. The van der Waals surface area contributed by atoms with Gasteiger partial charge in [0.15, 0.2) is 0 Å². The van der Waals surface area contributed by atoms with E-state index in [1.54, 1.807) is 4.57 Å². The third kappa shape index (κ3) is 4.56. The summed E-state index contributed by atoms with van der Waals surface area (Å²) in [5.41, 5.74) is 0. The molecule has 0 aliphatic carbocycles. The van der Waals surface area contributed by atoms with E-state index in [9.17, 15) is 14.7 Å². The average molecular weight is 426 g/mol. The molecule has 3 fully saturated rings. The molecule has 3 saturated heterocycles. The highest BCUT2D eigenvalue weighted by atomic mass is 31.2. The lowest BCUT2D eigenvalue weighted by molar-refractivity contribution is -0.392. The van der Waals surface area contributed by atoms with Crippen LogP contribution in [0.3, 0.4) is 0 Å². The standard InChI is InChI=1S/C18H31N6O4P/c1-15(2)17(28-29(27,21-9-10-21)22-11-12-22)18-19-14-16(24(25)26)23(18)13-8-20-6-4-3-5-7-20/h14-15,17H,3-13H2,1-2H3. The Labute approximate surface area is 171 Å². The van der Waals surface area contributed by atoms with Gasteiger partial charge in [-0.15, -0.1) is 0 Å². The van der Waals surface area contributed by atoms with Gasteiger partial charge in [0.1, 0.15) is 18.8 Å². The second-order valence-electron chi connectivity index (χ2n) is 8.45. The Morgan fingerprint density at radius 2 is 1.72 bits per heavy atom. The zero-order valence-corrected chi connectivity index (χ0v) is 18.2. The molecule has 11 heteroatoms. The van der Waals surface area contributed by atoms with Crippen LogP contribution in [0.15, 0.2) is 6.20 Å². The van der Waals surface area contributed by atoms with Crippen LogP contribution >= 0.6 is 7.67 Å². The normalized spacial score (nSPS) is 22.2. The van der Waals surface area contributed by atoms with Gasteiger partial charge in [-0.25, -0.2) is 18.9 Å². The van der Waals surface area contributed by atoms with E-state index in [2.05, 4.69) is 9.88 Å². The first-order valence-electron chi connectivity index (χ1n) is 10.6. The first-order valence-corrected chi connectivity index (χ1v) is 12.1. The Morgan fingerprint density at radius 1 is 1.10 bits per heavy atom. The number of hydrogen-bond acceptors (Lipinski definition) is 6. The first kappa shape index (κ1) is 20.9. The van der Waals surface area contributed by atoms with Gasteiger partial charge in [0.05, 0.1) is 0 Å². The van der Waals surface area contributed by atoms with Crippen molar-refractivity contribution >= 4 is 13.5 Å². The molecule has 4 rings (SSSR count). The lowest BCUT2D eigenvalue weighted by Gasteiger charge is -2.28. The smallest absolute Gasteiger partial charge is 0.347 e. The molecule has 0 bridgehead atoms. The van der Waals surface area contributed by atoms with Gasteiger partial charge in [-0.05, 0) is 36.8 Å². The molecule has 10 nitrogen and oxygen atoms in total. The highest BCUT2D eigenvalue weighted by molar-refractivity contribution is 7.54. The van der Waals surface area contributed by atoms with E-state index >= 15 is 0 Å². The minimum absolute atomic E-state index is 0.0148. The van der Waals surface area contributed by atoms with Crippen molar-refractivity contribution in [1.82, 2.24) is 23.8 Å². The maximum atomic E-state index is 13.5. The minimum atomic E-state index is -3.06. The summed E-state index contributed by atoms with van der Waals surface area (Å²) in [5, 5.41) is 11.6. The summed E-state index contributed by atoms with van der Waals surface area (Å²) in [5.74, 6) is 0.464. The lowest BCUT2D eigenvalue weighted by atomic mass is 10.1. The van der Waals surface area contributed by atoms with Crippen LogP contribution in [0.2, 0.25) is 0 Å². The molecule has 0 aromatic carbocycles. The maximum Gasteiger partial charge on any atom is 0.347 e. The van der Waals surface area contributed by atoms with Crippen molar-refractivity contribution in [2.24, 2.45) is 5.92 Å². The first-order chi connectivity index (χ1) is 13.9. The van der Waals surface area contributed by atoms with Crippen molar-refractivity contribution < 1.29 is 14.0 Å². The van der Waals surface area contributed by atoms with E-state index < -0.39 is 18.7 Å². The summed E-state index contributed by atoms with van der Waals surface area (Å²) in [6.07, 6.45) is 4.34. The van der Waals surface area contributed by atoms with Gasteiger partial charge in [-0.3, -0.25) is 14.0 Å². The molecule has 0 saturated carbocycles. The molecule has 0 amide bonds. The monoisotopic (exact) mass is 426 g/mol. The van der Waals surface area contributed by atoms with Crippen LogP contribution in [0.5, 0.6) is 0 Å². The predicted octanol–water partition coefficient (Wildman–Crippen LogP) is 2.73. The van der Waals surface area contributed by atoms with Crippen LogP contribution in [0.1, 0.15) is 45.0 Å². The van der Waals surface area contributed by atoms with E-state index in [1.807, 2.05) is 23.2 Å². The molecule has 1 unspecified atom stereocenters. The van der Waals surface area contributed by atoms with E-state index in [4.69, 9.17) is 4.52 Å². The van der Waals surface area contributed by atoms with Crippen LogP contribution < -0.4 is 0 Å². The van der Waals surface area contributed by atoms with Gasteiger partial charge in [0, 0.05) is 32.7 Å². The second-order valence-corrected chi connectivity index (χ2v) is 10.8. The Balaban J connectivity index is 1.58. The van der Waals surface area contributed by atoms with E-state index in [1.165, 1.54) is 25.5 Å². The number of piperidine rings is 1. The molecule has 0 spiro atoms. The Kier molecular flexibility index (Phi) is 6.09. The summed E-state index contributed by atoms with van der Waals surface area (Å²) in [6, 6.07) is 0. The molecular formula is C18H31N6O4P. The highest BCUT2D eigenvalue weighted by Crippen LogP contribution is 2.63. The third-order valence-electron chi connectivity index (χ3n) is 5.81. The number of nitrogens with zero attached hydrogens (tertiary/aromatic N) is 6. The SMILES string of the molecule is CC(C)C(OP(=O)(N1CC1)N1CC1)c1ncc([N+](=O)[O-])n1CCN1CCCCC1. The van der Waals surface area contributed by atoms with Gasteiger partial charge in [0.25, 0.3) is 0 Å². The van der Waals surface area contributed by atoms with Crippen molar-refractivity contribution in [2.45, 2.75) is 45.8 Å². The number of imidazole rings is 1. The molecule has 1 aromatic heterocycles. The van der Waals surface area contributed by atoms with Crippen molar-refractivity contribution in [2.75, 3.05) is 45.8 Å². The summed E-state index contributed by atoms with van der Waals surface area (Å²) in [6.45, 7) is 10.3. The molecule has 3 aliphatic heterocycles. The van der Waals surface area contributed by atoms with E-state index in [0.717, 1.165) is 45.8 Å². The summed E-state index contributed by atoms with van der Waals surface area (Å²) in [4.78, 5) is 18.0. The summed E-state index contributed by atoms with van der Waals surface area (Å²) < 4.78 is 25.2. The van der Waals surface area contributed by atoms with Gasteiger partial charge in [-0.2, -0.15) is 0 Å². The number of rotatable bonds is 10. The van der Waals surface area contributed by atoms with E-state index in [0.29, 0.717) is 12.4 Å². The Bertz CT molecular complexity index is 769. The number of likely N-dealkylation sites (tertiary alicyclic amines) is 1. The quantitative estimate of drug-likeness (QED) is 0.244. The molecule has 1 atom stereocenters. The fourth-order valence-corrected chi connectivity index (χ4v) is 6.38. The average Bonchev–Trinajstić information content (AvgIpc) is 3.60. The minimum Gasteiger partial charge on any atom is -0.358 e. The molecular weight excluding hydrogens is 395 g/mol. The Morgan fingerprint density at radius 3 is 2.24 bits per heavy atom. The number of aromatic nitrogens is 2. The van der Waals surface area contributed by atoms with Crippen molar-refractivity contribution in [3.63, 3.8) is 0 Å². The fourth-order valence-electron chi connectivity index (χ4n) is 3.93. The Hall–Kier alpha value is -1.32. The van der Waals surface area contributed by atoms with Crippen LogP contribution in [-0.2, 0) is 15.6 Å². The van der Waals surface area contributed by atoms with Crippen LogP contribution in [0.25, 0.3) is 0 Å². The van der Waals surface area contributed by atoms with Crippen LogP contribution in [0.4, 0.5) is 5.82 Å². The number of nitro groups is 1. The van der Waals surface area contributed by atoms with E-state index in [-0.39, 0.29) is 11.7 Å². The molecule has 29 heavy (non-hydrogen) atoms. The summed E-state index contributed by atoms with van der Waals surface area (Å²) >= 11 is 0. The largest absolute Gasteiger partial charge is 0.358 e. The van der Waals surface area contributed by atoms with Gasteiger partial charge >= 0.3 is 13.5 Å². The van der Waals surface area contributed by atoms with Gasteiger partial charge in [0.2, 0.25) is 5.82 Å². The van der Waals surface area contributed by atoms with Gasteiger partial charge in [-0.1, -0.05) is 20.3 Å². The topological polar surface area (TPSA) is 96.5 Å². The van der Waals surface area contributed by atoms with Crippen LogP contribution in [0, 0.1) is 16.0 Å². The molecule has 0 radical (unpaired) electrons. The lowest BCUT2D eigenvalue weighted by Crippen LogP contribution is -2.33. The molecule has 3 aliphatic rings. The van der Waals surface area contributed by atoms with Gasteiger partial charge < -0.3 is 10.1 Å². The number of hydrogen-bond donors (Lipinski definition) is 0. The van der Waals surface area contributed by atoms with Crippen LogP contribution in [-0.4, -0.2) is 74.5 Å². The molecule has 0 N–H and O–H groups in total. The maximum absolute atomic E-state index is 13.5. The third-order valence-corrected chi connectivity index (χ3v) is 8.55. The predicted molar refractivity (Wildman–Crippen MR) is 109 cm³/mol. The highest BCUT2D eigenvalue weighted by Gasteiger charge is 2.52. The van der Waals surface area contributed by atoms with Crippen molar-refractivity contribution in [3.05, 3.63) is 22.1 Å². The fraction of sp³-hybridized carbons (Fsp3) is 0.833. The molecule has 1 aromatic rings. The molecule has 162 valence electrons. The molecule has 4 heterocycles. The van der Waals surface area contributed by atoms with Crippen molar-refractivity contribution in [3.8, 4) is 0 Å².